The van der Waals surface area contributed by atoms with E-state index in [1.807, 2.05) is 50.2 Å². The number of amides is 2. The third-order valence-electron chi connectivity index (χ3n) is 5.17. The minimum absolute atomic E-state index is 0.109. The number of nitrogens with zero attached hydrogens (tertiary/aromatic N) is 1. The molecule has 2 aromatic carbocycles. The van der Waals surface area contributed by atoms with E-state index in [4.69, 9.17) is 0 Å². The monoisotopic (exact) mass is 380 g/mol. The molecule has 0 spiro atoms. The zero-order valence-electron chi connectivity index (χ0n) is 16.1. The van der Waals surface area contributed by atoms with Crippen LogP contribution in [0.4, 0.5) is 5.69 Å². The summed E-state index contributed by atoms with van der Waals surface area (Å²) in [6.45, 7) is 3.95. The van der Waals surface area contributed by atoms with Crippen molar-refractivity contribution >= 4 is 24.6 Å². The number of carbonyl (C=O) groups excluding carboxylic acids is 2. The second-order valence-corrected chi connectivity index (χ2v) is 7.32. The molecule has 28 heavy (non-hydrogen) atoms. The Bertz CT molecular complexity index is 857. The van der Waals surface area contributed by atoms with Gasteiger partial charge in [0.2, 0.25) is 11.8 Å². The number of carbonyl (C=O) groups is 2. The fraction of sp³-hybridized carbons (Fsp3) is 0.333. The van der Waals surface area contributed by atoms with Crippen LogP contribution in [0.15, 0.2) is 48.5 Å². The molecule has 146 valence electrons. The van der Waals surface area contributed by atoms with Crippen LogP contribution >= 0.6 is 0 Å². The van der Waals surface area contributed by atoms with Gasteiger partial charge in [-0.25, -0.2) is 0 Å². The molecule has 2 atom stereocenters. The van der Waals surface area contributed by atoms with E-state index < -0.39 is 19.1 Å². The van der Waals surface area contributed by atoms with E-state index in [1.54, 1.807) is 12.1 Å². The van der Waals surface area contributed by atoms with Gasteiger partial charge in [-0.2, -0.15) is 0 Å². The van der Waals surface area contributed by atoms with Crippen LogP contribution in [0.2, 0.25) is 0 Å². The molecular formula is C21H25BN2O4. The van der Waals surface area contributed by atoms with Crippen molar-refractivity contribution in [2.24, 2.45) is 0 Å². The lowest BCUT2D eigenvalue weighted by Crippen LogP contribution is -2.54. The van der Waals surface area contributed by atoms with Crippen LogP contribution in [0, 0.1) is 13.8 Å². The molecule has 7 heteroatoms. The summed E-state index contributed by atoms with van der Waals surface area (Å²) >= 11 is 0. The Balaban J connectivity index is 1.75. The number of aryl methyl sites for hydroxylation is 2. The van der Waals surface area contributed by atoms with E-state index in [0.717, 1.165) is 16.7 Å². The molecule has 2 aromatic rings. The van der Waals surface area contributed by atoms with Gasteiger partial charge in [-0.15, -0.1) is 0 Å². The Morgan fingerprint density at radius 3 is 2.57 bits per heavy atom. The van der Waals surface area contributed by atoms with Crippen molar-refractivity contribution in [3.63, 3.8) is 0 Å². The highest BCUT2D eigenvalue weighted by molar-refractivity contribution is 6.43. The van der Waals surface area contributed by atoms with Crippen molar-refractivity contribution in [1.82, 2.24) is 5.32 Å². The molecule has 1 aliphatic heterocycles. The summed E-state index contributed by atoms with van der Waals surface area (Å²) in [5.74, 6) is -1.35. The van der Waals surface area contributed by atoms with Gasteiger partial charge in [0, 0.05) is 12.1 Å². The lowest BCUT2D eigenvalue weighted by atomic mass is 9.75. The van der Waals surface area contributed by atoms with Crippen molar-refractivity contribution in [2.75, 3.05) is 4.90 Å². The van der Waals surface area contributed by atoms with Crippen LogP contribution < -0.4 is 10.2 Å². The van der Waals surface area contributed by atoms with Gasteiger partial charge in [-0.1, -0.05) is 42.0 Å². The number of benzene rings is 2. The van der Waals surface area contributed by atoms with E-state index in [0.29, 0.717) is 18.5 Å². The molecule has 1 saturated heterocycles. The van der Waals surface area contributed by atoms with Gasteiger partial charge < -0.3 is 15.4 Å². The molecule has 0 aliphatic carbocycles. The van der Waals surface area contributed by atoms with Crippen molar-refractivity contribution in [3.05, 3.63) is 65.2 Å². The Hall–Kier alpha value is -2.64. The number of para-hydroxylation sites is 1. The maximum atomic E-state index is 12.9. The highest BCUT2D eigenvalue weighted by Crippen LogP contribution is 2.26. The zero-order valence-corrected chi connectivity index (χ0v) is 16.1. The Kier molecular flexibility index (Phi) is 6.16. The molecule has 0 bridgehead atoms. The first-order chi connectivity index (χ1) is 13.4. The first-order valence-electron chi connectivity index (χ1n) is 9.46. The quantitative estimate of drug-likeness (QED) is 0.664. The minimum atomic E-state index is -1.70. The molecule has 1 unspecified atom stereocenters. The van der Waals surface area contributed by atoms with E-state index in [9.17, 15) is 19.6 Å². The molecule has 3 rings (SSSR count). The van der Waals surface area contributed by atoms with E-state index in [1.165, 1.54) is 4.90 Å². The van der Waals surface area contributed by atoms with Gasteiger partial charge in [0.1, 0.15) is 6.04 Å². The van der Waals surface area contributed by atoms with E-state index in [2.05, 4.69) is 5.32 Å². The van der Waals surface area contributed by atoms with Crippen LogP contribution in [-0.2, 0) is 16.0 Å². The SMILES string of the molecule is Cc1ccc(C[C@H](NC(=O)C2CCC(=O)N2c2ccccc2)B(O)O)c(C)c1. The molecule has 2 amide bonds. The average molecular weight is 380 g/mol. The Morgan fingerprint density at radius 1 is 1.21 bits per heavy atom. The lowest BCUT2D eigenvalue weighted by molar-refractivity contribution is -0.124. The van der Waals surface area contributed by atoms with Crippen LogP contribution in [0.25, 0.3) is 0 Å². The van der Waals surface area contributed by atoms with Crippen LogP contribution in [0.5, 0.6) is 0 Å². The number of hydrogen-bond acceptors (Lipinski definition) is 4. The molecule has 1 heterocycles. The largest absolute Gasteiger partial charge is 0.475 e. The normalized spacial score (nSPS) is 17.5. The maximum Gasteiger partial charge on any atom is 0.475 e. The lowest BCUT2D eigenvalue weighted by Gasteiger charge is -2.27. The number of nitrogens with one attached hydrogen (secondary N) is 1. The summed E-state index contributed by atoms with van der Waals surface area (Å²) in [6, 6.07) is 14.3. The summed E-state index contributed by atoms with van der Waals surface area (Å²) in [7, 11) is -1.70. The fourth-order valence-corrected chi connectivity index (χ4v) is 3.67. The van der Waals surface area contributed by atoms with E-state index >= 15 is 0 Å². The molecule has 0 saturated carbocycles. The standard InChI is InChI=1S/C21H25BN2O4/c1-14-8-9-16(15(2)12-14)13-19(22(27)28)23-21(26)18-10-11-20(25)24(18)17-6-4-3-5-7-17/h3-9,12,18-19,27-28H,10-11,13H2,1-2H3,(H,23,26)/t18?,19-/m0/s1. The Labute approximate surface area is 165 Å². The second-order valence-electron chi connectivity index (χ2n) is 7.32. The average Bonchev–Trinajstić information content (AvgIpc) is 3.05. The second kappa shape index (κ2) is 8.58. The maximum absolute atomic E-state index is 12.9. The highest BCUT2D eigenvalue weighted by Gasteiger charge is 2.39. The first-order valence-corrected chi connectivity index (χ1v) is 9.46. The van der Waals surface area contributed by atoms with Crippen LogP contribution in [0.1, 0.15) is 29.5 Å². The summed E-state index contributed by atoms with van der Waals surface area (Å²) in [5, 5.41) is 22.3. The third kappa shape index (κ3) is 4.43. The van der Waals surface area contributed by atoms with Gasteiger partial charge in [-0.05, 0) is 49.9 Å². The van der Waals surface area contributed by atoms with Crippen molar-refractivity contribution in [1.29, 1.82) is 0 Å². The molecule has 0 radical (unpaired) electrons. The Morgan fingerprint density at radius 2 is 1.93 bits per heavy atom. The third-order valence-corrected chi connectivity index (χ3v) is 5.17. The molecule has 0 aromatic heterocycles. The fourth-order valence-electron chi connectivity index (χ4n) is 3.67. The topological polar surface area (TPSA) is 89.9 Å². The van der Waals surface area contributed by atoms with Gasteiger partial charge in [0.05, 0.1) is 5.94 Å². The molecule has 6 nitrogen and oxygen atoms in total. The van der Waals surface area contributed by atoms with Crippen LogP contribution in [0.3, 0.4) is 0 Å². The summed E-state index contributed by atoms with van der Waals surface area (Å²) in [4.78, 5) is 26.7. The van der Waals surface area contributed by atoms with Crippen molar-refractivity contribution in [2.45, 2.75) is 45.1 Å². The molecule has 1 aliphatic rings. The molecule has 3 N–H and O–H groups in total. The minimum Gasteiger partial charge on any atom is -0.426 e. The summed E-state index contributed by atoms with van der Waals surface area (Å²) in [6.07, 6.45) is 0.981. The predicted octanol–water partition coefficient (Wildman–Crippen LogP) is 1.54. The van der Waals surface area contributed by atoms with E-state index in [-0.39, 0.29) is 18.2 Å². The summed E-state index contributed by atoms with van der Waals surface area (Å²) < 4.78 is 0. The summed E-state index contributed by atoms with van der Waals surface area (Å²) in [5.41, 5.74) is 3.75. The number of rotatable bonds is 6. The zero-order chi connectivity index (χ0) is 20.3. The smallest absolute Gasteiger partial charge is 0.426 e. The molecule has 1 fully saturated rings. The number of anilines is 1. The predicted molar refractivity (Wildman–Crippen MR) is 109 cm³/mol. The number of hydrogen-bond donors (Lipinski definition) is 3. The van der Waals surface area contributed by atoms with Gasteiger partial charge in [0.25, 0.3) is 0 Å². The van der Waals surface area contributed by atoms with Gasteiger partial charge >= 0.3 is 7.12 Å². The first kappa shape index (κ1) is 20.1. The van der Waals surface area contributed by atoms with Crippen molar-refractivity contribution < 1.29 is 19.6 Å². The van der Waals surface area contributed by atoms with Crippen molar-refractivity contribution in [3.8, 4) is 0 Å². The van der Waals surface area contributed by atoms with Crippen LogP contribution in [-0.4, -0.2) is 41.0 Å². The highest BCUT2D eigenvalue weighted by atomic mass is 16.4. The molecular weight excluding hydrogens is 355 g/mol. The van der Waals surface area contributed by atoms with Gasteiger partial charge in [-0.3, -0.25) is 14.5 Å². The van der Waals surface area contributed by atoms with Gasteiger partial charge in [0.15, 0.2) is 0 Å².